The van der Waals surface area contributed by atoms with Gasteiger partial charge in [-0.05, 0) is 36.8 Å². The van der Waals surface area contributed by atoms with E-state index in [0.717, 1.165) is 0 Å². The van der Waals surface area contributed by atoms with Crippen molar-refractivity contribution in [2.24, 2.45) is 0 Å². The van der Waals surface area contributed by atoms with Crippen molar-refractivity contribution < 1.29 is 28.9 Å². The first-order valence-electron chi connectivity index (χ1n) is 12.2. The zero-order valence-corrected chi connectivity index (χ0v) is 21.0. The van der Waals surface area contributed by atoms with Crippen molar-refractivity contribution >= 4 is 22.7 Å². The van der Waals surface area contributed by atoms with Crippen LogP contribution in [0, 0.1) is 0 Å². The van der Waals surface area contributed by atoms with Crippen molar-refractivity contribution in [2.45, 2.75) is 32.1 Å². The molecule has 0 radical (unpaired) electrons. The molecule has 0 saturated carbocycles. The highest BCUT2D eigenvalue weighted by atomic mass is 16.6. The van der Waals surface area contributed by atoms with Crippen LogP contribution < -0.4 is 15.0 Å². The van der Waals surface area contributed by atoms with Gasteiger partial charge in [0.2, 0.25) is 0 Å². The highest BCUT2D eigenvalue weighted by molar-refractivity contribution is 6.19. The van der Waals surface area contributed by atoms with Crippen molar-refractivity contribution in [1.82, 2.24) is 9.55 Å². The van der Waals surface area contributed by atoms with E-state index < -0.39 is 17.1 Å². The van der Waals surface area contributed by atoms with Crippen LogP contribution >= 0.6 is 0 Å². The maximum absolute atomic E-state index is 14.2. The van der Waals surface area contributed by atoms with Gasteiger partial charge in [0, 0.05) is 22.1 Å². The number of cyclic esters (lactones) is 1. The third-order valence-electron chi connectivity index (χ3n) is 7.47. The summed E-state index contributed by atoms with van der Waals surface area (Å²) in [5.74, 6) is -0.204. The second kappa shape index (κ2) is 8.53. The summed E-state index contributed by atoms with van der Waals surface area (Å²) in [6.07, 6.45) is 0.0408. The molecule has 2 aromatic heterocycles. The lowest BCUT2D eigenvalue weighted by molar-refractivity contribution is -0.172. The van der Waals surface area contributed by atoms with Crippen LogP contribution in [0.2, 0.25) is 0 Å². The molecular weight excluding hydrogens is 488 g/mol. The molecule has 0 bridgehead atoms. The summed E-state index contributed by atoms with van der Waals surface area (Å²) >= 11 is 0. The third-order valence-corrected chi connectivity index (χ3v) is 7.47. The average Bonchev–Trinajstić information content (AvgIpc) is 3.31. The molecule has 0 saturated heterocycles. The SMILES string of the molecule is CC[C@@]1(O)C(=O)OCc2c1cc1n(c2=O)Cc2c-1nc1ccccc1c2C(=O)c1cc(OC)ccc1OC. The number of carbonyl (C=O) groups excluding carboxylic acids is 2. The Balaban J connectivity index is 1.64. The smallest absolute Gasteiger partial charge is 0.343 e. The van der Waals surface area contributed by atoms with Gasteiger partial charge >= 0.3 is 5.97 Å². The highest BCUT2D eigenvalue weighted by Gasteiger charge is 2.45. The Morgan fingerprint density at radius 3 is 2.63 bits per heavy atom. The van der Waals surface area contributed by atoms with E-state index in [-0.39, 0.29) is 36.5 Å². The molecular formula is C29H24N2O7. The summed E-state index contributed by atoms with van der Waals surface area (Å²) in [4.78, 5) is 45.1. The number of ether oxygens (including phenoxy) is 3. The first-order chi connectivity index (χ1) is 18.3. The predicted octanol–water partition coefficient (Wildman–Crippen LogP) is 3.33. The molecule has 0 unspecified atom stereocenters. The van der Waals surface area contributed by atoms with Gasteiger partial charge in [-0.15, -0.1) is 0 Å². The Labute approximate surface area is 217 Å². The van der Waals surface area contributed by atoms with Gasteiger partial charge in [-0.3, -0.25) is 9.59 Å². The van der Waals surface area contributed by atoms with E-state index in [1.54, 1.807) is 37.3 Å². The zero-order chi connectivity index (χ0) is 26.8. The number of rotatable bonds is 5. The number of hydrogen-bond donors (Lipinski definition) is 1. The summed E-state index contributed by atoms with van der Waals surface area (Å²) < 4.78 is 17.5. The van der Waals surface area contributed by atoms with Crippen molar-refractivity contribution in [2.75, 3.05) is 14.2 Å². The Morgan fingerprint density at radius 1 is 1.11 bits per heavy atom. The number of methoxy groups -OCH3 is 2. The number of ketones is 1. The fraction of sp³-hybridized carbons (Fsp3) is 0.241. The lowest BCUT2D eigenvalue weighted by Crippen LogP contribution is -2.44. The molecule has 9 nitrogen and oxygen atoms in total. The molecule has 192 valence electrons. The van der Waals surface area contributed by atoms with Crippen LogP contribution in [0.25, 0.3) is 22.3 Å². The molecule has 1 N–H and O–H groups in total. The Hall–Kier alpha value is -4.50. The van der Waals surface area contributed by atoms with Crippen molar-refractivity contribution in [1.29, 1.82) is 0 Å². The first kappa shape index (κ1) is 23.9. The lowest BCUT2D eigenvalue weighted by atomic mass is 9.86. The highest BCUT2D eigenvalue weighted by Crippen LogP contribution is 2.41. The minimum atomic E-state index is -1.94. The number of para-hydroxylation sites is 1. The quantitative estimate of drug-likeness (QED) is 0.282. The molecule has 4 aromatic rings. The monoisotopic (exact) mass is 512 g/mol. The molecule has 1 atom stereocenters. The molecule has 2 aromatic carbocycles. The van der Waals surface area contributed by atoms with Gasteiger partial charge in [0.1, 0.15) is 18.1 Å². The summed E-state index contributed by atoms with van der Waals surface area (Å²) in [7, 11) is 3.01. The predicted molar refractivity (Wildman–Crippen MR) is 138 cm³/mol. The summed E-state index contributed by atoms with van der Waals surface area (Å²) in [5, 5.41) is 11.8. The summed E-state index contributed by atoms with van der Waals surface area (Å²) in [5.41, 5.74) is 0.851. The van der Waals surface area contributed by atoms with Crippen LogP contribution in [-0.2, 0) is 28.3 Å². The molecule has 0 fully saturated rings. The van der Waals surface area contributed by atoms with Crippen molar-refractivity contribution in [3.63, 3.8) is 0 Å². The average molecular weight is 513 g/mol. The third kappa shape index (κ3) is 3.21. The Kier molecular flexibility index (Phi) is 5.36. The molecule has 2 aliphatic rings. The largest absolute Gasteiger partial charge is 0.497 e. The van der Waals surface area contributed by atoms with Gasteiger partial charge in [-0.1, -0.05) is 25.1 Å². The van der Waals surface area contributed by atoms with Gasteiger partial charge in [-0.2, -0.15) is 0 Å². The number of hydrogen-bond acceptors (Lipinski definition) is 8. The number of pyridine rings is 2. The normalized spacial score (nSPS) is 17.4. The van der Waals surface area contributed by atoms with E-state index in [0.29, 0.717) is 50.5 Å². The maximum Gasteiger partial charge on any atom is 0.343 e. The van der Waals surface area contributed by atoms with Crippen LogP contribution in [0.15, 0.2) is 53.3 Å². The minimum Gasteiger partial charge on any atom is -0.497 e. The molecule has 0 spiro atoms. The second-order valence-electron chi connectivity index (χ2n) is 9.33. The van der Waals surface area contributed by atoms with Crippen molar-refractivity contribution in [3.05, 3.63) is 86.7 Å². The van der Waals surface area contributed by atoms with Crippen LogP contribution in [0.5, 0.6) is 11.5 Å². The number of aromatic nitrogens is 2. The molecule has 38 heavy (non-hydrogen) atoms. The Bertz CT molecular complexity index is 1740. The van der Waals surface area contributed by atoms with Crippen LogP contribution in [0.1, 0.15) is 46.0 Å². The molecule has 9 heteroatoms. The number of esters is 1. The fourth-order valence-corrected chi connectivity index (χ4v) is 5.41. The molecule has 0 amide bonds. The standard InChI is InChI=1S/C29H24N2O7/c1-4-29(35)20-12-22-25-18(13-31(22)27(33)19(20)14-38-28(29)34)24(16-7-5-6-8-21(16)30-25)26(32)17-11-15(36-2)9-10-23(17)37-3/h5-12,35H,4,13-14H2,1-3H3/t29-/m0/s1. The number of fused-ring (bicyclic) bond motifs is 5. The van der Waals surface area contributed by atoms with Crippen LogP contribution in [-0.4, -0.2) is 40.6 Å². The number of nitrogens with zero attached hydrogens (tertiary/aromatic N) is 2. The van der Waals surface area contributed by atoms with E-state index in [4.69, 9.17) is 19.2 Å². The molecule has 4 heterocycles. The van der Waals surface area contributed by atoms with Gasteiger partial charge in [0.15, 0.2) is 11.4 Å². The topological polar surface area (TPSA) is 117 Å². The molecule has 2 aliphatic heterocycles. The fourth-order valence-electron chi connectivity index (χ4n) is 5.41. The van der Waals surface area contributed by atoms with Gasteiger partial charge in [0.25, 0.3) is 5.56 Å². The van der Waals surface area contributed by atoms with E-state index in [1.165, 1.54) is 18.8 Å². The first-order valence-corrected chi connectivity index (χ1v) is 12.2. The van der Waals surface area contributed by atoms with Gasteiger partial charge in [-0.25, -0.2) is 9.78 Å². The van der Waals surface area contributed by atoms with E-state index in [9.17, 15) is 19.5 Å². The van der Waals surface area contributed by atoms with E-state index in [2.05, 4.69) is 0 Å². The van der Waals surface area contributed by atoms with E-state index in [1.807, 2.05) is 18.2 Å². The number of benzene rings is 2. The van der Waals surface area contributed by atoms with Crippen molar-refractivity contribution in [3.8, 4) is 22.9 Å². The molecule has 0 aliphatic carbocycles. The van der Waals surface area contributed by atoms with Crippen LogP contribution in [0.4, 0.5) is 0 Å². The lowest BCUT2D eigenvalue weighted by Gasteiger charge is -2.31. The number of aliphatic hydroxyl groups is 1. The minimum absolute atomic E-state index is 0.0408. The second-order valence-corrected chi connectivity index (χ2v) is 9.33. The number of carbonyl (C=O) groups is 2. The maximum atomic E-state index is 14.2. The Morgan fingerprint density at radius 2 is 1.89 bits per heavy atom. The zero-order valence-electron chi connectivity index (χ0n) is 21.0. The van der Waals surface area contributed by atoms with Gasteiger partial charge in [0.05, 0.1) is 48.8 Å². The van der Waals surface area contributed by atoms with Crippen LogP contribution in [0.3, 0.4) is 0 Å². The summed E-state index contributed by atoms with van der Waals surface area (Å²) in [6.45, 7) is 1.52. The molecule has 6 rings (SSSR count). The summed E-state index contributed by atoms with van der Waals surface area (Å²) in [6, 6.07) is 13.9. The van der Waals surface area contributed by atoms with Gasteiger partial charge < -0.3 is 23.9 Å². The van der Waals surface area contributed by atoms with E-state index >= 15 is 0 Å².